The van der Waals surface area contributed by atoms with Gasteiger partial charge in [0.1, 0.15) is 0 Å². The Hall–Kier alpha value is -0.621. The monoisotopic (exact) mass is 285 g/mol. The second-order valence-corrected chi connectivity index (χ2v) is 4.95. The van der Waals surface area contributed by atoms with E-state index in [0.29, 0.717) is 21.4 Å². The molecular weight excluding hydrogens is 269 g/mol. The first-order chi connectivity index (χ1) is 7.02. The van der Waals surface area contributed by atoms with Crippen LogP contribution >= 0.6 is 0 Å². The number of carboxylic acid groups (broad SMARTS) is 1. The van der Waals surface area contributed by atoms with Crippen molar-refractivity contribution in [1.82, 2.24) is 5.32 Å². The zero-order chi connectivity index (χ0) is 11.8. The Morgan fingerprint density at radius 2 is 2.07 bits per heavy atom. The fourth-order valence-corrected chi connectivity index (χ4v) is 1.83. The summed E-state index contributed by atoms with van der Waals surface area (Å²) in [5.41, 5.74) is 0. The van der Waals surface area contributed by atoms with Crippen molar-refractivity contribution in [2.75, 3.05) is 6.61 Å². The van der Waals surface area contributed by atoms with Crippen LogP contribution in [0.4, 0.5) is 0 Å². The van der Waals surface area contributed by atoms with E-state index in [1.807, 2.05) is 5.82 Å². The van der Waals surface area contributed by atoms with Crippen molar-refractivity contribution in [3.63, 3.8) is 0 Å². The van der Waals surface area contributed by atoms with Crippen molar-refractivity contribution in [3.8, 4) is 0 Å². The molecule has 0 bridgehead atoms. The predicted octanol–water partition coefficient (Wildman–Crippen LogP) is -1.53. The van der Waals surface area contributed by atoms with Crippen LogP contribution in [0.1, 0.15) is 6.42 Å². The first kappa shape index (κ1) is 14.4. The van der Waals surface area contributed by atoms with Gasteiger partial charge in [-0.3, -0.25) is 0 Å². The van der Waals surface area contributed by atoms with Gasteiger partial charge in [0, 0.05) is 0 Å². The maximum absolute atomic E-state index is 11.1. The molecule has 0 spiro atoms. The molecule has 4 N–H and O–H groups in total. The molecule has 0 aromatic carbocycles. The summed E-state index contributed by atoms with van der Waals surface area (Å²) >= 11 is 0.341. The number of hydrogen-bond donors (Lipinski definition) is 4. The first-order valence-corrected chi connectivity index (χ1v) is 7.26. The average Bonchev–Trinajstić information content (AvgIpc) is 2.22. The molecule has 0 aliphatic carbocycles. The number of aliphatic carboxylic acids is 1. The van der Waals surface area contributed by atoms with E-state index in [0.717, 1.165) is 5.32 Å². The fourth-order valence-electron chi connectivity index (χ4n) is 0.844. The molecule has 0 saturated carbocycles. The van der Waals surface area contributed by atoms with Crippen LogP contribution < -0.4 is 5.32 Å². The number of rotatable bonds is 7. The summed E-state index contributed by atoms with van der Waals surface area (Å²) < 4.78 is 0. The molecular formula is C8H15NO5Se. The van der Waals surface area contributed by atoms with Gasteiger partial charge in [-0.25, -0.2) is 0 Å². The summed E-state index contributed by atoms with van der Waals surface area (Å²) in [4.78, 5) is 21.8. The van der Waals surface area contributed by atoms with Crippen LogP contribution in [-0.2, 0) is 9.59 Å². The van der Waals surface area contributed by atoms with Gasteiger partial charge in [0.25, 0.3) is 0 Å². The second-order valence-electron chi connectivity index (χ2n) is 2.88. The molecule has 7 heteroatoms. The van der Waals surface area contributed by atoms with Crippen molar-refractivity contribution >= 4 is 26.8 Å². The van der Waals surface area contributed by atoms with Crippen molar-refractivity contribution < 1.29 is 24.9 Å². The van der Waals surface area contributed by atoms with E-state index in [1.54, 1.807) is 0 Å². The molecule has 1 amide bonds. The summed E-state index contributed by atoms with van der Waals surface area (Å²) in [7, 11) is 0. The van der Waals surface area contributed by atoms with E-state index in [9.17, 15) is 9.59 Å². The molecule has 0 aliphatic rings. The van der Waals surface area contributed by atoms with Crippen molar-refractivity contribution in [2.24, 2.45) is 0 Å². The van der Waals surface area contributed by atoms with Crippen molar-refractivity contribution in [1.29, 1.82) is 0 Å². The summed E-state index contributed by atoms with van der Waals surface area (Å²) in [5, 5.41) is 29.1. The van der Waals surface area contributed by atoms with Gasteiger partial charge in [0.15, 0.2) is 0 Å². The number of amides is 1. The first-order valence-electron chi connectivity index (χ1n) is 4.34. The zero-order valence-electron chi connectivity index (χ0n) is 8.34. The molecule has 0 heterocycles. The summed E-state index contributed by atoms with van der Waals surface area (Å²) in [6.45, 7) is -0.712. The maximum atomic E-state index is 11.1. The van der Waals surface area contributed by atoms with Gasteiger partial charge in [0.2, 0.25) is 0 Å². The third-order valence-electron chi connectivity index (χ3n) is 1.70. The number of nitrogens with one attached hydrogen (secondary N) is 1. The summed E-state index contributed by atoms with van der Waals surface area (Å²) in [5.74, 6) is -0.0118. The topological polar surface area (TPSA) is 107 Å². The Bertz CT molecular complexity index is 223. The normalized spacial score (nSPS) is 14.3. The molecule has 6 nitrogen and oxygen atoms in total. The van der Waals surface area contributed by atoms with Crippen LogP contribution in [-0.4, -0.2) is 60.9 Å². The average molecular weight is 284 g/mol. The van der Waals surface area contributed by atoms with Crippen molar-refractivity contribution in [3.05, 3.63) is 0 Å². The Balaban J connectivity index is 4.16. The molecule has 0 rings (SSSR count). The predicted molar refractivity (Wildman–Crippen MR) is 53.7 cm³/mol. The van der Waals surface area contributed by atoms with Gasteiger partial charge in [-0.15, -0.1) is 0 Å². The van der Waals surface area contributed by atoms with Crippen LogP contribution in [0.15, 0.2) is 0 Å². The summed E-state index contributed by atoms with van der Waals surface area (Å²) in [6, 6.07) is -0.986. The minimum absolute atomic E-state index is 0.341. The number of aliphatic hydroxyl groups is 2. The number of carboxylic acids is 1. The molecule has 0 aliphatic heterocycles. The third-order valence-corrected chi connectivity index (χ3v) is 3.05. The Morgan fingerprint density at radius 1 is 1.47 bits per heavy atom. The molecule has 2 atom stereocenters. The Labute approximate surface area is 93.8 Å². The zero-order valence-corrected chi connectivity index (χ0v) is 10.1. The number of carbonyl (C=O) groups excluding carboxylic acids is 1. The van der Waals surface area contributed by atoms with E-state index in [1.165, 1.54) is 0 Å². The van der Waals surface area contributed by atoms with E-state index in [2.05, 4.69) is 5.32 Å². The Morgan fingerprint density at radius 3 is 2.47 bits per heavy atom. The third kappa shape index (κ3) is 5.74. The Kier molecular flexibility index (Phi) is 7.33. The van der Waals surface area contributed by atoms with E-state index in [-0.39, 0.29) is 0 Å². The van der Waals surface area contributed by atoms with Crippen LogP contribution in [0, 0.1) is 0 Å². The van der Waals surface area contributed by atoms with Crippen LogP contribution in [0.25, 0.3) is 0 Å². The van der Waals surface area contributed by atoms with Gasteiger partial charge in [-0.05, 0) is 0 Å². The van der Waals surface area contributed by atoms with Crippen LogP contribution in [0.5, 0.6) is 0 Å². The molecule has 88 valence electrons. The number of carbonyl (C=O) groups is 2. The summed E-state index contributed by atoms with van der Waals surface area (Å²) in [6.07, 6.45) is -1.21. The van der Waals surface area contributed by atoms with Gasteiger partial charge >= 0.3 is 93.4 Å². The molecule has 0 fully saturated rings. The fraction of sp³-hybridized carbons (Fsp3) is 0.750. The number of hydrogen-bond acceptors (Lipinski definition) is 4. The molecule has 0 saturated heterocycles. The SMILES string of the molecule is C[Se]CC[C@H](NC(=O)C(O)CO)C(=O)O. The van der Waals surface area contributed by atoms with Gasteiger partial charge in [-0.1, -0.05) is 0 Å². The quantitative estimate of drug-likeness (QED) is 0.424. The standard InChI is InChI=1S/C8H15NO5Se/c1-15-3-2-5(8(13)14)9-7(12)6(11)4-10/h5-6,10-11H,2-4H2,1H3,(H,9,12)(H,13,14)/t5-,6?/m0/s1. The van der Waals surface area contributed by atoms with Crippen LogP contribution in [0.2, 0.25) is 11.1 Å². The molecule has 0 radical (unpaired) electrons. The molecule has 0 aromatic rings. The number of aliphatic hydroxyl groups excluding tert-OH is 2. The van der Waals surface area contributed by atoms with Gasteiger partial charge < -0.3 is 0 Å². The van der Waals surface area contributed by atoms with Gasteiger partial charge in [-0.2, -0.15) is 0 Å². The second kappa shape index (κ2) is 7.64. The van der Waals surface area contributed by atoms with E-state index < -0.39 is 30.6 Å². The molecule has 15 heavy (non-hydrogen) atoms. The van der Waals surface area contributed by atoms with Crippen molar-refractivity contribution in [2.45, 2.75) is 29.7 Å². The molecule has 0 aromatic heterocycles. The van der Waals surface area contributed by atoms with E-state index in [4.69, 9.17) is 15.3 Å². The van der Waals surface area contributed by atoms with Crippen LogP contribution in [0.3, 0.4) is 0 Å². The van der Waals surface area contributed by atoms with Gasteiger partial charge in [0.05, 0.1) is 0 Å². The van der Waals surface area contributed by atoms with E-state index >= 15 is 0 Å². The minimum atomic E-state index is -1.56. The molecule has 1 unspecified atom stereocenters.